The molecule has 152 valence electrons. The van der Waals surface area contributed by atoms with Crippen LogP contribution in [0.5, 0.6) is 0 Å². The summed E-state index contributed by atoms with van der Waals surface area (Å²) in [6, 6.07) is 13.8. The number of carbonyl (C=O) groups is 1. The molecular weight excluding hydrogens is 381 g/mol. The number of halogens is 1. The maximum atomic E-state index is 13.6. The number of benzene rings is 1. The summed E-state index contributed by atoms with van der Waals surface area (Å²) in [5.41, 5.74) is 5.67. The Bertz CT molecular complexity index is 1200. The lowest BCUT2D eigenvalue weighted by molar-refractivity contribution is -0.121. The van der Waals surface area contributed by atoms with Gasteiger partial charge in [0, 0.05) is 35.6 Å². The van der Waals surface area contributed by atoms with Gasteiger partial charge in [-0.05, 0) is 50.1 Å². The molecule has 1 amide bonds. The highest BCUT2D eigenvalue weighted by Gasteiger charge is 2.14. The lowest BCUT2D eigenvalue weighted by Gasteiger charge is -2.11. The fourth-order valence-electron chi connectivity index (χ4n) is 3.50. The maximum absolute atomic E-state index is 13.6. The largest absolute Gasteiger partial charge is 0.350 e. The van der Waals surface area contributed by atoms with E-state index in [1.54, 1.807) is 16.8 Å². The Hall–Kier alpha value is -3.61. The Labute approximate surface area is 173 Å². The topological polar surface area (TPSA) is 72.2 Å². The van der Waals surface area contributed by atoms with Gasteiger partial charge in [0.05, 0.1) is 17.9 Å². The molecule has 0 saturated heterocycles. The summed E-state index contributed by atoms with van der Waals surface area (Å²) in [7, 11) is 0. The number of nitrogens with zero attached hydrogens (tertiary/aromatic N) is 4. The summed E-state index contributed by atoms with van der Waals surface area (Å²) in [5.74, 6) is -0.344. The zero-order valence-electron chi connectivity index (χ0n) is 16.9. The van der Waals surface area contributed by atoms with Crippen molar-refractivity contribution >= 4 is 11.6 Å². The van der Waals surface area contributed by atoms with E-state index in [0.717, 1.165) is 22.6 Å². The lowest BCUT2D eigenvalue weighted by Crippen LogP contribution is -2.23. The van der Waals surface area contributed by atoms with Crippen molar-refractivity contribution < 1.29 is 9.18 Å². The van der Waals surface area contributed by atoms with Crippen molar-refractivity contribution in [3.05, 3.63) is 83.2 Å². The van der Waals surface area contributed by atoms with Gasteiger partial charge in [-0.1, -0.05) is 18.2 Å². The van der Waals surface area contributed by atoms with Gasteiger partial charge in [-0.15, -0.1) is 0 Å². The number of pyridine rings is 1. The maximum Gasteiger partial charge on any atom is 0.220 e. The summed E-state index contributed by atoms with van der Waals surface area (Å²) < 4.78 is 15.3. The van der Waals surface area contributed by atoms with Crippen LogP contribution in [0, 0.1) is 19.7 Å². The molecule has 0 aliphatic carbocycles. The van der Waals surface area contributed by atoms with Crippen LogP contribution >= 0.6 is 0 Å². The van der Waals surface area contributed by atoms with Gasteiger partial charge in [-0.2, -0.15) is 5.10 Å². The highest BCUT2D eigenvalue weighted by atomic mass is 19.1. The fourth-order valence-corrected chi connectivity index (χ4v) is 3.50. The van der Waals surface area contributed by atoms with Crippen molar-refractivity contribution in [2.45, 2.75) is 33.2 Å². The van der Waals surface area contributed by atoms with E-state index in [4.69, 9.17) is 0 Å². The summed E-state index contributed by atoms with van der Waals surface area (Å²) in [6.45, 7) is 4.30. The minimum absolute atomic E-state index is 0.0412. The zero-order valence-corrected chi connectivity index (χ0v) is 16.9. The van der Waals surface area contributed by atoms with Gasteiger partial charge >= 0.3 is 0 Å². The number of rotatable bonds is 6. The van der Waals surface area contributed by atoms with Crippen LogP contribution < -0.4 is 5.32 Å². The second-order valence-electron chi connectivity index (χ2n) is 7.17. The van der Waals surface area contributed by atoms with Crippen LogP contribution in [0.1, 0.15) is 29.1 Å². The third-order valence-electron chi connectivity index (χ3n) is 5.08. The minimum Gasteiger partial charge on any atom is -0.350 e. The van der Waals surface area contributed by atoms with E-state index in [1.165, 1.54) is 12.1 Å². The molecule has 0 atom stereocenters. The molecule has 1 N–H and O–H groups in total. The molecule has 0 bridgehead atoms. The molecule has 0 spiro atoms. The zero-order chi connectivity index (χ0) is 21.1. The van der Waals surface area contributed by atoms with Crippen LogP contribution in [0.2, 0.25) is 0 Å². The van der Waals surface area contributed by atoms with Gasteiger partial charge in [0.2, 0.25) is 5.91 Å². The van der Waals surface area contributed by atoms with E-state index >= 15 is 0 Å². The average Bonchev–Trinajstić information content (AvgIpc) is 3.17. The first kappa shape index (κ1) is 19.7. The van der Waals surface area contributed by atoms with Crippen molar-refractivity contribution in [1.29, 1.82) is 0 Å². The van der Waals surface area contributed by atoms with E-state index in [0.29, 0.717) is 36.3 Å². The van der Waals surface area contributed by atoms with Gasteiger partial charge in [0.15, 0.2) is 5.65 Å². The molecule has 3 heterocycles. The highest BCUT2D eigenvalue weighted by molar-refractivity contribution is 5.76. The van der Waals surface area contributed by atoms with Gasteiger partial charge in [-0.3, -0.25) is 9.78 Å². The third kappa shape index (κ3) is 4.20. The summed E-state index contributed by atoms with van der Waals surface area (Å²) in [6.07, 6.45) is 2.61. The molecule has 0 aliphatic heterocycles. The number of nitrogens with one attached hydrogen (secondary N) is 1. The second-order valence-corrected chi connectivity index (χ2v) is 7.17. The van der Waals surface area contributed by atoms with Crippen LogP contribution in [-0.2, 0) is 17.8 Å². The molecule has 0 radical (unpaired) electrons. The highest BCUT2D eigenvalue weighted by Crippen LogP contribution is 2.23. The first-order valence-corrected chi connectivity index (χ1v) is 9.79. The molecule has 4 rings (SSSR count). The minimum atomic E-state index is -0.303. The van der Waals surface area contributed by atoms with Gasteiger partial charge in [0.1, 0.15) is 5.82 Å². The number of fused-ring (bicyclic) bond motifs is 1. The van der Waals surface area contributed by atoms with Crippen molar-refractivity contribution in [1.82, 2.24) is 24.9 Å². The molecule has 6 nitrogen and oxygen atoms in total. The van der Waals surface area contributed by atoms with Crippen LogP contribution in [0.3, 0.4) is 0 Å². The number of amides is 1. The summed E-state index contributed by atoms with van der Waals surface area (Å²) in [5, 5.41) is 7.50. The Morgan fingerprint density at radius 3 is 2.77 bits per heavy atom. The standard InChI is InChI=1S/C23H22FN5O/c1-15-20(9-10-23(30)26-14-19-8-3-4-11-25-19)16(2)29-22(27-15)13-21(28-29)17-6-5-7-18(24)12-17/h3-8,11-13H,9-10,14H2,1-2H3,(H,26,30). The molecule has 0 saturated carbocycles. The van der Waals surface area contributed by atoms with Crippen molar-refractivity contribution in [2.24, 2.45) is 0 Å². The Morgan fingerprint density at radius 2 is 2.00 bits per heavy atom. The molecule has 0 aliphatic rings. The second kappa shape index (κ2) is 8.41. The molecule has 4 aromatic rings. The molecule has 30 heavy (non-hydrogen) atoms. The van der Waals surface area contributed by atoms with E-state index in [1.807, 2.05) is 44.2 Å². The lowest BCUT2D eigenvalue weighted by atomic mass is 10.1. The Kier molecular flexibility index (Phi) is 5.52. The number of aryl methyl sites for hydroxylation is 2. The monoisotopic (exact) mass is 403 g/mol. The molecule has 0 unspecified atom stereocenters. The summed E-state index contributed by atoms with van der Waals surface area (Å²) in [4.78, 5) is 21.1. The number of hydrogen-bond donors (Lipinski definition) is 1. The Morgan fingerprint density at radius 1 is 1.13 bits per heavy atom. The normalized spacial score (nSPS) is 11.0. The predicted octanol–water partition coefficient (Wildman–Crippen LogP) is 3.80. The van der Waals surface area contributed by atoms with Crippen molar-refractivity contribution in [3.63, 3.8) is 0 Å². The fraction of sp³-hybridized carbons (Fsp3) is 0.217. The molecule has 1 aromatic carbocycles. The van der Waals surface area contributed by atoms with E-state index in [9.17, 15) is 9.18 Å². The third-order valence-corrected chi connectivity index (χ3v) is 5.08. The number of hydrogen-bond acceptors (Lipinski definition) is 4. The molecule has 3 aromatic heterocycles. The number of aromatic nitrogens is 4. The van der Waals surface area contributed by atoms with E-state index in [2.05, 4.69) is 20.4 Å². The van der Waals surface area contributed by atoms with E-state index in [-0.39, 0.29) is 11.7 Å². The average molecular weight is 403 g/mol. The van der Waals surface area contributed by atoms with Crippen molar-refractivity contribution in [3.8, 4) is 11.3 Å². The molecular formula is C23H22FN5O. The van der Waals surface area contributed by atoms with Gasteiger partial charge < -0.3 is 5.32 Å². The first-order chi connectivity index (χ1) is 14.5. The quantitative estimate of drug-likeness (QED) is 0.532. The van der Waals surface area contributed by atoms with Gasteiger partial charge in [0.25, 0.3) is 0 Å². The molecule has 7 heteroatoms. The van der Waals surface area contributed by atoms with Crippen LogP contribution in [0.15, 0.2) is 54.7 Å². The van der Waals surface area contributed by atoms with Crippen LogP contribution in [0.25, 0.3) is 16.9 Å². The van der Waals surface area contributed by atoms with Crippen LogP contribution in [0.4, 0.5) is 4.39 Å². The predicted molar refractivity (Wildman–Crippen MR) is 112 cm³/mol. The number of carbonyl (C=O) groups excluding carboxylic acids is 1. The smallest absolute Gasteiger partial charge is 0.220 e. The van der Waals surface area contributed by atoms with Crippen molar-refractivity contribution in [2.75, 3.05) is 0 Å². The summed E-state index contributed by atoms with van der Waals surface area (Å²) >= 11 is 0. The first-order valence-electron chi connectivity index (χ1n) is 9.79. The SMILES string of the molecule is Cc1nc2cc(-c3cccc(F)c3)nn2c(C)c1CCC(=O)NCc1ccccn1. The Balaban J connectivity index is 1.50. The van der Waals surface area contributed by atoms with E-state index < -0.39 is 0 Å². The van der Waals surface area contributed by atoms with Gasteiger partial charge in [-0.25, -0.2) is 13.9 Å². The molecule has 0 fully saturated rings. The van der Waals surface area contributed by atoms with Crippen LogP contribution in [-0.4, -0.2) is 25.5 Å².